The third kappa shape index (κ3) is 8.77. The maximum atomic E-state index is 13.6. The number of hydrogen-bond donors (Lipinski definition) is 1. The van der Waals surface area contributed by atoms with Crippen LogP contribution in [0.15, 0.2) is 60.3 Å². The lowest BCUT2D eigenvalue weighted by molar-refractivity contribution is -0.124. The second-order valence-corrected chi connectivity index (χ2v) is 12.9. The van der Waals surface area contributed by atoms with Gasteiger partial charge in [-0.3, -0.25) is 14.3 Å². The lowest BCUT2D eigenvalue weighted by Gasteiger charge is -2.35. The average Bonchev–Trinajstić information content (AvgIpc) is 3.21. The van der Waals surface area contributed by atoms with Crippen LogP contribution in [0.5, 0.6) is 0 Å². The minimum atomic E-state index is -3.02. The number of ether oxygens (including phenoxy) is 2. The fourth-order valence-electron chi connectivity index (χ4n) is 5.32. The summed E-state index contributed by atoms with van der Waals surface area (Å²) in [5, 5.41) is 0. The highest BCUT2D eigenvalue weighted by Gasteiger charge is 2.45. The fraction of sp³-hybridized carbons (Fsp3) is 0.467. The lowest BCUT2D eigenvalue weighted by atomic mass is 9.94. The third-order valence-electron chi connectivity index (χ3n) is 7.24. The summed E-state index contributed by atoms with van der Waals surface area (Å²) in [6.45, 7) is 4.34. The SMILES string of the molecule is CP(=O)(O)CCC=C=CCCC1C(OCc2ccc(-c3cc(F)cc(F)c3)cc2)CC(=O)C1N1CCOCC1. The zero-order valence-electron chi connectivity index (χ0n) is 22.2. The molecule has 0 spiro atoms. The smallest absolute Gasteiger partial charge is 0.197 e. The monoisotopic (exact) mass is 559 g/mol. The van der Waals surface area contributed by atoms with Crippen molar-refractivity contribution >= 4 is 13.2 Å². The molecule has 4 rings (SSSR count). The van der Waals surface area contributed by atoms with Crippen molar-refractivity contribution in [2.75, 3.05) is 39.1 Å². The number of halogens is 2. The van der Waals surface area contributed by atoms with Gasteiger partial charge in [-0.25, -0.2) is 8.78 Å². The summed E-state index contributed by atoms with van der Waals surface area (Å²) in [7, 11) is -3.02. The summed E-state index contributed by atoms with van der Waals surface area (Å²) in [5.41, 5.74) is 5.19. The first-order chi connectivity index (χ1) is 18.7. The van der Waals surface area contributed by atoms with E-state index in [1.54, 1.807) is 6.08 Å². The number of morpholine rings is 1. The highest BCUT2D eigenvalue weighted by Crippen LogP contribution is 2.36. The Morgan fingerprint density at radius 1 is 1.08 bits per heavy atom. The van der Waals surface area contributed by atoms with E-state index in [1.807, 2.05) is 30.3 Å². The maximum Gasteiger partial charge on any atom is 0.197 e. The molecule has 1 saturated carbocycles. The Kier molecular flexibility index (Phi) is 10.4. The Balaban J connectivity index is 1.39. The molecule has 2 aromatic carbocycles. The first-order valence-corrected chi connectivity index (χ1v) is 15.7. The highest BCUT2D eigenvalue weighted by atomic mass is 31.2. The summed E-state index contributed by atoms with van der Waals surface area (Å²) in [4.78, 5) is 24.7. The molecule has 0 radical (unpaired) electrons. The molecule has 0 aromatic heterocycles. The van der Waals surface area contributed by atoms with Gasteiger partial charge in [0, 0.05) is 44.3 Å². The zero-order valence-corrected chi connectivity index (χ0v) is 23.1. The molecule has 1 aliphatic heterocycles. The van der Waals surface area contributed by atoms with E-state index in [2.05, 4.69) is 10.6 Å². The molecule has 1 heterocycles. The van der Waals surface area contributed by atoms with Crippen LogP contribution in [0.2, 0.25) is 0 Å². The Morgan fingerprint density at radius 2 is 1.74 bits per heavy atom. The topological polar surface area (TPSA) is 76.1 Å². The number of Topliss-reactive ketones (excluding diaryl/α,β-unsaturated/α-hetero) is 1. The largest absolute Gasteiger partial charge is 0.379 e. The van der Waals surface area contributed by atoms with Gasteiger partial charge in [-0.15, -0.1) is 5.73 Å². The first-order valence-electron chi connectivity index (χ1n) is 13.4. The Labute approximate surface area is 228 Å². The van der Waals surface area contributed by atoms with Gasteiger partial charge < -0.3 is 14.4 Å². The van der Waals surface area contributed by atoms with Gasteiger partial charge in [0.15, 0.2) is 13.2 Å². The van der Waals surface area contributed by atoms with E-state index >= 15 is 0 Å². The van der Waals surface area contributed by atoms with E-state index in [-0.39, 0.29) is 30.0 Å². The van der Waals surface area contributed by atoms with Crippen LogP contribution in [0, 0.1) is 17.6 Å². The van der Waals surface area contributed by atoms with Crippen molar-refractivity contribution in [1.82, 2.24) is 4.90 Å². The van der Waals surface area contributed by atoms with Crippen LogP contribution in [0.1, 0.15) is 31.2 Å². The molecule has 0 bridgehead atoms. The van der Waals surface area contributed by atoms with Gasteiger partial charge in [0.2, 0.25) is 0 Å². The van der Waals surface area contributed by atoms with Crippen molar-refractivity contribution in [2.24, 2.45) is 5.92 Å². The standard InChI is InChI=1S/C30H36F2NO5P/c1-39(35,36)16-6-4-2-3-5-7-27-29(20-28(34)30(27)33-12-14-37-15-13-33)38-21-22-8-10-23(11-9-22)24-17-25(31)19-26(32)18-24/h3-4,8-11,17-19,27,29-30H,5-7,12-16,20-21H2,1H3,(H,35,36). The van der Waals surface area contributed by atoms with Crippen molar-refractivity contribution in [3.8, 4) is 11.1 Å². The van der Waals surface area contributed by atoms with Crippen LogP contribution in [-0.4, -0.2) is 66.9 Å². The van der Waals surface area contributed by atoms with E-state index in [0.717, 1.165) is 37.6 Å². The normalized spacial score (nSPS) is 23.3. The molecule has 0 amide bonds. The van der Waals surface area contributed by atoms with Crippen molar-refractivity contribution in [1.29, 1.82) is 0 Å². The van der Waals surface area contributed by atoms with E-state index in [4.69, 9.17) is 9.47 Å². The summed E-state index contributed by atoms with van der Waals surface area (Å²) < 4.78 is 50.4. The Bertz CT molecular complexity index is 1210. The van der Waals surface area contributed by atoms with Crippen LogP contribution in [-0.2, 0) is 25.4 Å². The molecule has 1 saturated heterocycles. The van der Waals surface area contributed by atoms with Gasteiger partial charge in [-0.2, -0.15) is 0 Å². The number of allylic oxidation sites excluding steroid dienone is 1. The van der Waals surface area contributed by atoms with E-state index in [9.17, 15) is 23.0 Å². The van der Waals surface area contributed by atoms with Crippen molar-refractivity contribution in [3.63, 3.8) is 0 Å². The van der Waals surface area contributed by atoms with E-state index < -0.39 is 19.0 Å². The van der Waals surface area contributed by atoms with Gasteiger partial charge in [-0.1, -0.05) is 24.3 Å². The predicted molar refractivity (Wildman–Crippen MR) is 147 cm³/mol. The van der Waals surface area contributed by atoms with Crippen molar-refractivity contribution in [2.45, 2.75) is 44.4 Å². The number of hydrogen-bond acceptors (Lipinski definition) is 5. The lowest BCUT2D eigenvalue weighted by Crippen LogP contribution is -2.49. The Morgan fingerprint density at radius 3 is 2.41 bits per heavy atom. The second kappa shape index (κ2) is 13.8. The molecule has 9 heteroatoms. The first kappa shape index (κ1) is 29.5. The summed E-state index contributed by atoms with van der Waals surface area (Å²) in [6.07, 6.45) is 6.04. The predicted octanol–water partition coefficient (Wildman–Crippen LogP) is 5.59. The van der Waals surface area contributed by atoms with Gasteiger partial charge in [0.1, 0.15) is 11.6 Å². The molecule has 1 aliphatic carbocycles. The molecular formula is C30H36F2NO5P. The number of ketones is 1. The van der Waals surface area contributed by atoms with Gasteiger partial charge in [0.25, 0.3) is 0 Å². The highest BCUT2D eigenvalue weighted by molar-refractivity contribution is 7.57. The van der Waals surface area contributed by atoms with Crippen LogP contribution in [0.25, 0.3) is 11.1 Å². The van der Waals surface area contributed by atoms with Gasteiger partial charge in [0.05, 0.1) is 32.0 Å². The van der Waals surface area contributed by atoms with Crippen LogP contribution in [0.4, 0.5) is 8.78 Å². The Hall–Kier alpha value is -2.44. The molecule has 4 atom stereocenters. The molecule has 4 unspecified atom stereocenters. The molecule has 2 aliphatic rings. The minimum absolute atomic E-state index is 0.0245. The molecule has 2 aromatic rings. The summed E-state index contributed by atoms with van der Waals surface area (Å²) >= 11 is 0. The van der Waals surface area contributed by atoms with E-state index in [0.29, 0.717) is 43.8 Å². The average molecular weight is 560 g/mol. The fourth-order valence-corrected chi connectivity index (χ4v) is 5.92. The quantitative estimate of drug-likeness (QED) is 0.286. The molecular weight excluding hydrogens is 523 g/mol. The molecule has 6 nitrogen and oxygen atoms in total. The zero-order chi connectivity index (χ0) is 27.8. The summed E-state index contributed by atoms with van der Waals surface area (Å²) in [5.74, 6) is -1.02. The molecule has 1 N–H and O–H groups in total. The maximum absolute atomic E-state index is 13.6. The number of carbonyl (C=O) groups is 1. The van der Waals surface area contributed by atoms with Crippen LogP contribution in [0.3, 0.4) is 0 Å². The minimum Gasteiger partial charge on any atom is -0.379 e. The van der Waals surface area contributed by atoms with Gasteiger partial charge in [-0.05, 0) is 60.2 Å². The van der Waals surface area contributed by atoms with Crippen molar-refractivity contribution < 1.29 is 32.5 Å². The third-order valence-corrected chi connectivity index (χ3v) is 8.32. The molecule has 2 fully saturated rings. The number of rotatable bonds is 11. The van der Waals surface area contributed by atoms with Gasteiger partial charge >= 0.3 is 0 Å². The van der Waals surface area contributed by atoms with Crippen molar-refractivity contribution in [3.05, 3.63) is 77.5 Å². The number of benzene rings is 2. The summed E-state index contributed by atoms with van der Waals surface area (Å²) in [6, 6.07) is 10.6. The van der Waals surface area contributed by atoms with Crippen LogP contribution < -0.4 is 0 Å². The molecule has 210 valence electrons. The second-order valence-electron chi connectivity index (χ2n) is 10.3. The number of carbonyl (C=O) groups excluding carboxylic acids is 1. The number of nitrogens with zero attached hydrogens (tertiary/aromatic N) is 1. The van der Waals surface area contributed by atoms with Crippen LogP contribution >= 0.6 is 7.37 Å². The molecule has 39 heavy (non-hydrogen) atoms. The van der Waals surface area contributed by atoms with E-state index in [1.165, 1.54) is 18.8 Å².